The Bertz CT molecular complexity index is 330. The number of quaternary nitrogens is 1. The van der Waals surface area contributed by atoms with Gasteiger partial charge in [-0.3, -0.25) is 0 Å². The largest absolute Gasteiger partial charge is 1.00 e. The number of hydrogen-bond donors (Lipinski definition) is 1. The fraction of sp³-hybridized carbons (Fsp3) is 1.00. The first-order valence-electron chi connectivity index (χ1n) is 13.2. The summed E-state index contributed by atoms with van der Waals surface area (Å²) < 4.78 is 11.9. The zero-order valence-corrected chi connectivity index (χ0v) is 22.1. The lowest BCUT2D eigenvalue weighted by atomic mass is 10.0. The average molecular weight is 466 g/mol. The first-order chi connectivity index (χ1) is 14.6. The van der Waals surface area contributed by atoms with Crippen LogP contribution in [0.5, 0.6) is 0 Å². The Morgan fingerprint density at radius 3 is 1.32 bits per heavy atom. The molecule has 0 saturated carbocycles. The lowest BCUT2D eigenvalue weighted by molar-refractivity contribution is -0.891. The zero-order chi connectivity index (χ0) is 22.2. The van der Waals surface area contributed by atoms with Crippen LogP contribution in [0.2, 0.25) is 0 Å². The molecule has 31 heavy (non-hydrogen) atoms. The minimum atomic E-state index is 0. The van der Waals surface area contributed by atoms with E-state index in [4.69, 9.17) is 14.6 Å². The Labute approximate surface area is 201 Å². The molecule has 0 saturated heterocycles. The van der Waals surface area contributed by atoms with Crippen LogP contribution in [0.15, 0.2) is 0 Å². The van der Waals surface area contributed by atoms with E-state index in [1.165, 1.54) is 109 Å². The van der Waals surface area contributed by atoms with E-state index < -0.39 is 0 Å². The number of aliphatic hydroxyl groups is 1. The van der Waals surface area contributed by atoms with Gasteiger partial charge in [0.05, 0.1) is 53.7 Å². The molecule has 4 nitrogen and oxygen atoms in total. The van der Waals surface area contributed by atoms with Crippen molar-refractivity contribution in [2.75, 3.05) is 60.2 Å². The summed E-state index contributed by atoms with van der Waals surface area (Å²) in [6, 6.07) is 0. The van der Waals surface area contributed by atoms with Gasteiger partial charge in [-0.05, 0) is 12.8 Å². The summed E-state index contributed by atoms with van der Waals surface area (Å²) in [5, 5.41) is 8.64. The number of aliphatic hydroxyl groups excluding tert-OH is 1. The van der Waals surface area contributed by atoms with Gasteiger partial charge in [-0.15, -0.1) is 0 Å². The van der Waals surface area contributed by atoms with Crippen molar-refractivity contribution in [3.8, 4) is 0 Å². The quantitative estimate of drug-likeness (QED) is 0.166. The lowest BCUT2D eigenvalue weighted by Gasteiger charge is -2.29. The molecule has 0 aliphatic carbocycles. The Morgan fingerprint density at radius 2 is 0.903 bits per heavy atom. The number of nitrogens with zero attached hydrogens (tertiary/aromatic N) is 1. The Morgan fingerprint density at radius 1 is 0.516 bits per heavy atom. The summed E-state index contributed by atoms with van der Waals surface area (Å²) in [7, 11) is 4.60. The molecule has 0 aromatic rings. The van der Waals surface area contributed by atoms with Crippen LogP contribution in [0, 0.1) is 0 Å². The minimum Gasteiger partial charge on any atom is -1.00 e. The van der Waals surface area contributed by atoms with Crippen molar-refractivity contribution in [2.24, 2.45) is 0 Å². The molecule has 0 atom stereocenters. The lowest BCUT2D eigenvalue weighted by Crippen LogP contribution is -3.00. The maximum absolute atomic E-state index is 8.64. The molecule has 0 unspecified atom stereocenters. The van der Waals surface area contributed by atoms with Crippen molar-refractivity contribution in [2.45, 2.75) is 110 Å². The Balaban J connectivity index is 0. The van der Waals surface area contributed by atoms with Gasteiger partial charge in [0.1, 0.15) is 6.54 Å². The average Bonchev–Trinajstić information content (AvgIpc) is 2.72. The monoisotopic (exact) mass is 465 g/mol. The molecule has 0 radical (unpaired) electrons. The van der Waals surface area contributed by atoms with Gasteiger partial charge in [0.2, 0.25) is 0 Å². The van der Waals surface area contributed by atoms with Gasteiger partial charge in [0, 0.05) is 0 Å². The standard InChI is InChI=1S/C26H56NO3.ClH/c1-4-5-6-7-8-9-10-11-12-13-14-15-16-17-18-19-20-27(2,3)21-23-29-25-26-30-24-22-28;/h28H,4-26H2,1-3H3;1H/q+1;/p-1. The molecule has 5 heteroatoms. The van der Waals surface area contributed by atoms with Crippen LogP contribution in [0.1, 0.15) is 110 Å². The number of unbranched alkanes of at least 4 members (excludes halogenated alkanes) is 15. The van der Waals surface area contributed by atoms with Gasteiger partial charge in [0.25, 0.3) is 0 Å². The van der Waals surface area contributed by atoms with Gasteiger partial charge >= 0.3 is 0 Å². The molecule has 0 aromatic carbocycles. The van der Waals surface area contributed by atoms with E-state index in [-0.39, 0.29) is 19.0 Å². The molecule has 0 spiro atoms. The van der Waals surface area contributed by atoms with Crippen LogP contribution in [0.25, 0.3) is 0 Å². The summed E-state index contributed by atoms with van der Waals surface area (Å²) in [6.45, 7) is 7.07. The summed E-state index contributed by atoms with van der Waals surface area (Å²) in [4.78, 5) is 0. The predicted molar refractivity (Wildman–Crippen MR) is 130 cm³/mol. The third-order valence-corrected chi connectivity index (χ3v) is 6.07. The second kappa shape index (κ2) is 26.4. The van der Waals surface area contributed by atoms with Crippen LogP contribution >= 0.6 is 0 Å². The van der Waals surface area contributed by atoms with E-state index in [1.54, 1.807) is 0 Å². The molecule has 0 aromatic heterocycles. The summed E-state index contributed by atoms with van der Waals surface area (Å²) >= 11 is 0. The highest BCUT2D eigenvalue weighted by Crippen LogP contribution is 2.14. The molecule has 0 heterocycles. The minimum absolute atomic E-state index is 0. The molecular weight excluding hydrogens is 410 g/mol. The third kappa shape index (κ3) is 28.1. The van der Waals surface area contributed by atoms with Crippen LogP contribution in [0.4, 0.5) is 0 Å². The highest BCUT2D eigenvalue weighted by molar-refractivity contribution is 4.50. The fourth-order valence-corrected chi connectivity index (χ4v) is 3.90. The zero-order valence-electron chi connectivity index (χ0n) is 21.4. The van der Waals surface area contributed by atoms with E-state index in [0.29, 0.717) is 19.8 Å². The Hall–Kier alpha value is 0.130. The molecule has 0 bridgehead atoms. The molecule has 0 fully saturated rings. The second-order valence-corrected chi connectivity index (χ2v) is 9.63. The maximum atomic E-state index is 8.64. The van der Waals surface area contributed by atoms with Crippen LogP contribution < -0.4 is 12.4 Å². The van der Waals surface area contributed by atoms with Gasteiger partial charge in [0.15, 0.2) is 0 Å². The highest BCUT2D eigenvalue weighted by Gasteiger charge is 2.13. The summed E-state index contributed by atoms with van der Waals surface area (Å²) in [6.07, 6.45) is 22.8. The van der Waals surface area contributed by atoms with Gasteiger partial charge < -0.3 is 31.5 Å². The second-order valence-electron chi connectivity index (χ2n) is 9.63. The van der Waals surface area contributed by atoms with E-state index in [0.717, 1.165) is 17.6 Å². The number of ether oxygens (including phenoxy) is 2. The van der Waals surface area contributed by atoms with Crippen LogP contribution in [-0.4, -0.2) is 69.8 Å². The van der Waals surface area contributed by atoms with Crippen molar-refractivity contribution >= 4 is 0 Å². The maximum Gasteiger partial charge on any atom is 0.102 e. The number of hydrogen-bond acceptors (Lipinski definition) is 3. The molecule has 190 valence electrons. The highest BCUT2D eigenvalue weighted by atomic mass is 35.5. The molecule has 0 rings (SSSR count). The van der Waals surface area contributed by atoms with Crippen LogP contribution in [-0.2, 0) is 9.47 Å². The molecule has 0 aliphatic rings. The van der Waals surface area contributed by atoms with Gasteiger partial charge in [-0.1, -0.05) is 96.8 Å². The van der Waals surface area contributed by atoms with Crippen molar-refractivity contribution in [3.63, 3.8) is 0 Å². The van der Waals surface area contributed by atoms with Gasteiger partial charge in [-0.25, -0.2) is 0 Å². The Kier molecular flexibility index (Phi) is 28.3. The van der Waals surface area contributed by atoms with Crippen molar-refractivity contribution < 1.29 is 31.5 Å². The number of halogens is 1. The smallest absolute Gasteiger partial charge is 0.102 e. The fourth-order valence-electron chi connectivity index (χ4n) is 3.90. The molecule has 0 amide bonds. The third-order valence-electron chi connectivity index (χ3n) is 6.07. The van der Waals surface area contributed by atoms with Crippen molar-refractivity contribution in [1.82, 2.24) is 0 Å². The van der Waals surface area contributed by atoms with Gasteiger partial charge in [-0.2, -0.15) is 0 Å². The molecular formula is C26H56ClNO3. The summed E-state index contributed by atoms with van der Waals surface area (Å²) in [5.74, 6) is 0. The van der Waals surface area contributed by atoms with E-state index >= 15 is 0 Å². The number of rotatable bonds is 25. The van der Waals surface area contributed by atoms with Crippen molar-refractivity contribution in [3.05, 3.63) is 0 Å². The van der Waals surface area contributed by atoms with E-state index in [1.807, 2.05) is 0 Å². The first-order valence-corrected chi connectivity index (χ1v) is 13.2. The SMILES string of the molecule is CCCCCCCCCCCCCCCCCC[N+](C)(C)CCOCCOCCO.[Cl-]. The normalized spacial score (nSPS) is 11.6. The van der Waals surface area contributed by atoms with E-state index in [9.17, 15) is 0 Å². The van der Waals surface area contributed by atoms with Crippen molar-refractivity contribution in [1.29, 1.82) is 0 Å². The summed E-state index contributed by atoms with van der Waals surface area (Å²) in [5.41, 5.74) is 0. The molecule has 0 aliphatic heterocycles. The topological polar surface area (TPSA) is 38.7 Å². The van der Waals surface area contributed by atoms with Crippen LogP contribution in [0.3, 0.4) is 0 Å². The predicted octanol–water partition coefficient (Wildman–Crippen LogP) is 3.35. The molecule has 1 N–H and O–H groups in total. The van der Waals surface area contributed by atoms with E-state index in [2.05, 4.69) is 21.0 Å². The first kappa shape index (κ1) is 33.3. The number of likely N-dealkylation sites (N-methyl/N-ethyl adjacent to an activating group) is 1.